The summed E-state index contributed by atoms with van der Waals surface area (Å²) in [6.45, 7) is 8.13. The van der Waals surface area contributed by atoms with Gasteiger partial charge in [-0.1, -0.05) is 37.3 Å². The number of ether oxygens (including phenoxy) is 3. The molecule has 3 saturated heterocycles. The lowest BCUT2D eigenvalue weighted by Gasteiger charge is -2.48. The highest BCUT2D eigenvalue weighted by molar-refractivity contribution is 6.11. The van der Waals surface area contributed by atoms with Crippen molar-refractivity contribution < 1.29 is 19.0 Å². The van der Waals surface area contributed by atoms with Crippen LogP contribution >= 0.6 is 0 Å². The molecular weight excluding hydrogens is 303 g/mol. The van der Waals surface area contributed by atoms with Gasteiger partial charge < -0.3 is 14.2 Å². The van der Waals surface area contributed by atoms with Gasteiger partial charge in [0.15, 0.2) is 0 Å². The third-order valence-corrected chi connectivity index (χ3v) is 5.25. The lowest BCUT2D eigenvalue weighted by molar-refractivity contribution is -0.253. The van der Waals surface area contributed by atoms with Gasteiger partial charge in [-0.25, -0.2) is 0 Å². The Kier molecular flexibility index (Phi) is 4.52. The average Bonchev–Trinajstić information content (AvgIpc) is 2.68. The molecule has 0 aliphatic carbocycles. The van der Waals surface area contributed by atoms with Gasteiger partial charge in [0.25, 0.3) is 0 Å². The Labute approximate surface area is 145 Å². The van der Waals surface area contributed by atoms with E-state index in [4.69, 9.17) is 22.1 Å². The largest absolute Gasteiger partial charge is 0.460 e. The molecule has 1 aromatic carbocycles. The smallest absolute Gasteiger partial charge is 0.314 e. The Hall–Kier alpha value is -1.33. The van der Waals surface area contributed by atoms with E-state index in [2.05, 4.69) is 6.92 Å². The van der Waals surface area contributed by atoms with E-state index in [1.54, 1.807) is 0 Å². The highest BCUT2D eigenvalue weighted by Gasteiger charge is 2.59. The van der Waals surface area contributed by atoms with Crippen LogP contribution in [-0.4, -0.2) is 37.6 Å². The van der Waals surface area contributed by atoms with Crippen molar-refractivity contribution in [3.63, 3.8) is 0 Å². The maximum Gasteiger partial charge on any atom is 0.314 e. The second kappa shape index (κ2) is 6.19. The van der Waals surface area contributed by atoms with Crippen LogP contribution in [0.4, 0.5) is 0 Å². The average molecular weight is 328 g/mol. The Bertz CT molecular complexity index is 603. The molecule has 4 nitrogen and oxygen atoms in total. The normalized spacial score (nSPS) is 37.7. The molecule has 5 atom stereocenters. The number of hydrogen-bond donors (Lipinski definition) is 0. The lowest BCUT2D eigenvalue weighted by atomic mass is 9.72. The number of carbonyl (C=O) groups excluding carboxylic acids is 1. The van der Waals surface area contributed by atoms with Crippen molar-refractivity contribution in [2.45, 2.75) is 64.5 Å². The number of rotatable bonds is 3. The summed E-state index contributed by atoms with van der Waals surface area (Å²) in [6.07, 6.45) is -0.0166. The molecule has 0 aromatic heterocycles. The summed E-state index contributed by atoms with van der Waals surface area (Å²) >= 11 is 0. The van der Waals surface area contributed by atoms with Gasteiger partial charge in [-0.15, -0.1) is 0 Å². The van der Waals surface area contributed by atoms with Gasteiger partial charge in [-0.2, -0.15) is 0 Å². The quantitative estimate of drug-likeness (QED) is 0.632. The standard InChI is InChI=1S/C19H25BO4/c1-12-10-19(4,16-18(2,3)24-14(12)15(20)23-16)17(21)22-11-13-8-6-5-7-9-13/h5-9,12,14-16H,10-11H2,1-4H3/t12?,14?,15-,16?,19?/m1/s1. The number of esters is 1. The first kappa shape index (κ1) is 17.5. The van der Waals surface area contributed by atoms with Crippen LogP contribution < -0.4 is 0 Å². The van der Waals surface area contributed by atoms with Crippen LogP contribution in [0, 0.1) is 11.3 Å². The van der Waals surface area contributed by atoms with E-state index in [9.17, 15) is 4.79 Å². The van der Waals surface area contributed by atoms with E-state index in [1.807, 2.05) is 51.1 Å². The maximum atomic E-state index is 13.0. The van der Waals surface area contributed by atoms with Crippen molar-refractivity contribution in [3.05, 3.63) is 35.9 Å². The first-order valence-electron chi connectivity index (χ1n) is 8.54. The first-order chi connectivity index (χ1) is 11.2. The van der Waals surface area contributed by atoms with Crippen molar-refractivity contribution >= 4 is 13.8 Å². The summed E-state index contributed by atoms with van der Waals surface area (Å²) in [5.41, 5.74) is -0.416. The molecule has 3 aliphatic rings. The predicted molar refractivity (Wildman–Crippen MR) is 91.5 cm³/mol. The fraction of sp³-hybridized carbons (Fsp3) is 0.632. The van der Waals surface area contributed by atoms with Crippen LogP contribution in [0.3, 0.4) is 0 Å². The van der Waals surface area contributed by atoms with Gasteiger partial charge in [0.05, 0.1) is 17.1 Å². The first-order valence-corrected chi connectivity index (χ1v) is 8.54. The van der Waals surface area contributed by atoms with Crippen LogP contribution in [0.1, 0.15) is 39.7 Å². The molecule has 0 spiro atoms. The number of carbonyl (C=O) groups is 1. The fourth-order valence-electron chi connectivity index (χ4n) is 4.21. The number of fused-ring (bicyclic) bond motifs is 4. The Balaban J connectivity index is 1.82. The number of hydrogen-bond acceptors (Lipinski definition) is 4. The predicted octanol–water partition coefficient (Wildman–Crippen LogP) is 2.83. The minimum absolute atomic E-state index is 0.112. The van der Waals surface area contributed by atoms with Crippen molar-refractivity contribution in [2.75, 3.05) is 0 Å². The van der Waals surface area contributed by atoms with Gasteiger partial charge in [-0.3, -0.25) is 4.79 Å². The van der Waals surface area contributed by atoms with E-state index in [-0.39, 0.29) is 24.6 Å². The van der Waals surface area contributed by atoms with E-state index < -0.39 is 23.1 Å². The fourth-order valence-corrected chi connectivity index (χ4v) is 4.21. The third kappa shape index (κ3) is 3.00. The van der Waals surface area contributed by atoms with Gasteiger partial charge in [0.1, 0.15) is 20.6 Å². The van der Waals surface area contributed by atoms with Crippen LogP contribution in [0.15, 0.2) is 30.3 Å². The molecule has 24 heavy (non-hydrogen) atoms. The molecule has 3 fully saturated rings. The van der Waals surface area contributed by atoms with Crippen LogP contribution in [0.2, 0.25) is 0 Å². The zero-order valence-corrected chi connectivity index (χ0v) is 14.8. The zero-order valence-electron chi connectivity index (χ0n) is 14.8. The van der Waals surface area contributed by atoms with E-state index >= 15 is 0 Å². The SMILES string of the molecule is [B][C@@H]1OC2C(C)(C)OC1C(C)CC2(C)C(=O)OCc1ccccc1. The van der Waals surface area contributed by atoms with Crippen LogP contribution in [0.25, 0.3) is 0 Å². The highest BCUT2D eigenvalue weighted by Crippen LogP contribution is 2.49. The van der Waals surface area contributed by atoms with Gasteiger partial charge in [0.2, 0.25) is 0 Å². The molecule has 128 valence electrons. The summed E-state index contributed by atoms with van der Waals surface area (Å²) in [5.74, 6) is -0.143. The van der Waals surface area contributed by atoms with Crippen molar-refractivity contribution in [1.29, 1.82) is 0 Å². The molecule has 4 rings (SSSR count). The van der Waals surface area contributed by atoms with Gasteiger partial charge >= 0.3 is 5.97 Å². The summed E-state index contributed by atoms with van der Waals surface area (Å²) in [6, 6.07) is 9.17. The highest BCUT2D eigenvalue weighted by atomic mass is 16.6. The molecule has 2 bridgehead atoms. The zero-order chi connectivity index (χ0) is 17.5. The summed E-state index contributed by atoms with van der Waals surface area (Å²) in [5, 5.41) is 0. The van der Waals surface area contributed by atoms with Gasteiger partial charge in [0, 0.05) is 6.00 Å². The molecule has 3 heterocycles. The molecular formula is C19H25BO4. The van der Waals surface area contributed by atoms with E-state index in [0.717, 1.165) is 5.56 Å². The van der Waals surface area contributed by atoms with Crippen molar-refractivity contribution in [2.24, 2.45) is 11.3 Å². The molecule has 4 unspecified atom stereocenters. The molecule has 1 aromatic rings. The Morgan fingerprint density at radius 1 is 1.29 bits per heavy atom. The Morgan fingerprint density at radius 2 is 1.96 bits per heavy atom. The molecule has 2 radical (unpaired) electrons. The second-order valence-electron chi connectivity index (χ2n) is 7.83. The Morgan fingerprint density at radius 3 is 2.62 bits per heavy atom. The third-order valence-electron chi connectivity index (χ3n) is 5.25. The minimum Gasteiger partial charge on any atom is -0.460 e. The lowest BCUT2D eigenvalue weighted by Crippen LogP contribution is -2.59. The summed E-state index contributed by atoms with van der Waals surface area (Å²) in [4.78, 5) is 13.0. The summed E-state index contributed by atoms with van der Waals surface area (Å²) < 4.78 is 17.8. The molecule has 0 N–H and O–H groups in total. The van der Waals surface area contributed by atoms with Crippen molar-refractivity contribution in [3.8, 4) is 0 Å². The topological polar surface area (TPSA) is 44.8 Å². The van der Waals surface area contributed by atoms with E-state index in [1.165, 1.54) is 0 Å². The maximum absolute atomic E-state index is 13.0. The van der Waals surface area contributed by atoms with Gasteiger partial charge in [-0.05, 0) is 38.7 Å². The molecule has 0 amide bonds. The monoisotopic (exact) mass is 328 g/mol. The molecule has 5 heteroatoms. The molecule has 0 saturated carbocycles. The van der Waals surface area contributed by atoms with Crippen LogP contribution in [0.5, 0.6) is 0 Å². The number of benzene rings is 1. The molecule has 3 aliphatic heterocycles. The van der Waals surface area contributed by atoms with E-state index in [0.29, 0.717) is 6.42 Å². The van der Waals surface area contributed by atoms with Crippen molar-refractivity contribution in [1.82, 2.24) is 0 Å². The minimum atomic E-state index is -0.791. The van der Waals surface area contributed by atoms with Crippen LogP contribution in [-0.2, 0) is 25.6 Å². The second-order valence-corrected chi connectivity index (χ2v) is 7.83. The summed E-state index contributed by atoms with van der Waals surface area (Å²) in [7, 11) is 6.12.